The summed E-state index contributed by atoms with van der Waals surface area (Å²) >= 11 is 2.36. The highest BCUT2D eigenvalue weighted by atomic mass is 127. The minimum absolute atomic E-state index is 0.145. The first-order chi connectivity index (χ1) is 7.30. The molecular formula is C12H12INO. The molecule has 1 aliphatic rings. The first-order valence-corrected chi connectivity index (χ1v) is 6.54. The molecule has 2 rings (SSSR count). The maximum atomic E-state index is 8.87. The molecular weight excluding hydrogens is 301 g/mol. The van der Waals surface area contributed by atoms with Gasteiger partial charge in [0.15, 0.2) is 0 Å². The second-order valence-electron chi connectivity index (χ2n) is 3.77. The van der Waals surface area contributed by atoms with Crippen molar-refractivity contribution in [2.75, 3.05) is 11.0 Å². The summed E-state index contributed by atoms with van der Waals surface area (Å²) in [6.07, 6.45) is 2.17. The van der Waals surface area contributed by atoms with Crippen molar-refractivity contribution in [1.82, 2.24) is 0 Å². The molecule has 1 fully saturated rings. The molecule has 3 heteroatoms. The number of halogens is 1. The van der Waals surface area contributed by atoms with Crippen molar-refractivity contribution >= 4 is 22.6 Å². The third-order valence-corrected chi connectivity index (χ3v) is 4.07. The smallest absolute Gasteiger partial charge is 0.102 e. The van der Waals surface area contributed by atoms with E-state index in [1.807, 2.05) is 18.2 Å². The van der Waals surface area contributed by atoms with Crippen LogP contribution in [0.15, 0.2) is 24.3 Å². The van der Waals surface area contributed by atoms with Gasteiger partial charge in [0.05, 0.1) is 11.6 Å². The van der Waals surface area contributed by atoms with Crippen LogP contribution in [0.4, 0.5) is 0 Å². The van der Waals surface area contributed by atoms with E-state index in [2.05, 4.69) is 34.7 Å². The number of hydrogen-bond acceptors (Lipinski definition) is 2. The number of hydrogen-bond donors (Lipinski definition) is 0. The summed E-state index contributed by atoms with van der Waals surface area (Å²) < 4.78 is 6.80. The van der Waals surface area contributed by atoms with Gasteiger partial charge in [0.2, 0.25) is 0 Å². The fraction of sp³-hybridized carbons (Fsp3) is 0.417. The van der Waals surface area contributed by atoms with Gasteiger partial charge in [0.25, 0.3) is 0 Å². The Labute approximate surface area is 103 Å². The van der Waals surface area contributed by atoms with E-state index in [4.69, 9.17) is 10.00 Å². The maximum absolute atomic E-state index is 8.87. The van der Waals surface area contributed by atoms with Gasteiger partial charge in [-0.25, -0.2) is 0 Å². The van der Waals surface area contributed by atoms with Gasteiger partial charge >= 0.3 is 0 Å². The molecule has 1 atom stereocenters. The van der Waals surface area contributed by atoms with E-state index in [1.54, 1.807) is 0 Å². The molecule has 1 aliphatic heterocycles. The summed E-state index contributed by atoms with van der Waals surface area (Å²) in [4.78, 5) is 0. The third kappa shape index (κ3) is 2.01. The van der Waals surface area contributed by atoms with E-state index in [1.165, 1.54) is 0 Å². The molecule has 0 saturated carbocycles. The zero-order valence-corrected chi connectivity index (χ0v) is 10.5. The van der Waals surface area contributed by atoms with Crippen molar-refractivity contribution in [3.63, 3.8) is 0 Å². The zero-order chi connectivity index (χ0) is 10.7. The molecule has 1 aromatic carbocycles. The molecule has 0 bridgehead atoms. The van der Waals surface area contributed by atoms with Crippen LogP contribution in [0.25, 0.3) is 0 Å². The molecule has 1 unspecified atom stereocenters. The van der Waals surface area contributed by atoms with Gasteiger partial charge in [-0.05, 0) is 30.5 Å². The van der Waals surface area contributed by atoms with Gasteiger partial charge in [-0.2, -0.15) is 5.26 Å². The Bertz CT molecular complexity index is 391. The molecule has 15 heavy (non-hydrogen) atoms. The van der Waals surface area contributed by atoms with Crippen molar-refractivity contribution < 1.29 is 4.74 Å². The average Bonchev–Trinajstić information content (AvgIpc) is 2.79. The van der Waals surface area contributed by atoms with Gasteiger partial charge in [-0.15, -0.1) is 0 Å². The highest BCUT2D eigenvalue weighted by molar-refractivity contribution is 14.1. The third-order valence-electron chi connectivity index (χ3n) is 2.84. The minimum atomic E-state index is -0.145. The van der Waals surface area contributed by atoms with Crippen LogP contribution in [-0.4, -0.2) is 11.0 Å². The number of rotatable bonds is 2. The van der Waals surface area contributed by atoms with Crippen LogP contribution in [0, 0.1) is 11.3 Å². The molecule has 0 spiro atoms. The van der Waals surface area contributed by atoms with Crippen LogP contribution in [0.5, 0.6) is 0 Å². The van der Waals surface area contributed by atoms with E-state index in [0.29, 0.717) is 5.56 Å². The Kier molecular flexibility index (Phi) is 3.27. The number of nitriles is 1. The number of ether oxygens (including phenoxy) is 1. The molecule has 1 heterocycles. The van der Waals surface area contributed by atoms with Crippen LogP contribution in [0.3, 0.4) is 0 Å². The van der Waals surface area contributed by atoms with Crippen LogP contribution in [0.1, 0.15) is 24.0 Å². The molecule has 0 aliphatic carbocycles. The monoisotopic (exact) mass is 313 g/mol. The second-order valence-corrected chi connectivity index (χ2v) is 4.54. The lowest BCUT2D eigenvalue weighted by molar-refractivity contribution is 0.0237. The van der Waals surface area contributed by atoms with Crippen molar-refractivity contribution in [2.24, 2.45) is 0 Å². The largest absolute Gasteiger partial charge is 0.369 e. The summed E-state index contributed by atoms with van der Waals surface area (Å²) in [5.41, 5.74) is 1.72. The van der Waals surface area contributed by atoms with Crippen LogP contribution < -0.4 is 0 Å². The Balaban J connectivity index is 2.39. The normalized spacial score (nSPS) is 25.1. The van der Waals surface area contributed by atoms with Gasteiger partial charge in [-0.1, -0.05) is 34.7 Å². The first kappa shape index (κ1) is 10.9. The summed E-state index contributed by atoms with van der Waals surface area (Å²) in [5, 5.41) is 8.87. The van der Waals surface area contributed by atoms with E-state index >= 15 is 0 Å². The lowest BCUT2D eigenvalue weighted by Gasteiger charge is -2.26. The quantitative estimate of drug-likeness (QED) is 0.621. The first-order valence-electron chi connectivity index (χ1n) is 5.01. The standard InChI is InChI=1S/C12H12INO/c13-9-12(5-2-6-15-12)11-4-1-3-10(7-11)8-14/h1,3-4,7H,2,5-6,9H2. The van der Waals surface area contributed by atoms with Gasteiger partial charge in [-0.3, -0.25) is 0 Å². The predicted octanol–water partition coefficient (Wildman–Crippen LogP) is 3.00. The van der Waals surface area contributed by atoms with Crippen molar-refractivity contribution in [1.29, 1.82) is 5.26 Å². The fourth-order valence-corrected chi connectivity index (χ4v) is 3.02. The van der Waals surface area contributed by atoms with E-state index in [-0.39, 0.29) is 5.60 Å². The topological polar surface area (TPSA) is 33.0 Å². The SMILES string of the molecule is N#Cc1cccc(C2(CI)CCCO2)c1. The highest BCUT2D eigenvalue weighted by Gasteiger charge is 2.35. The average molecular weight is 313 g/mol. The molecule has 1 aromatic rings. The second kappa shape index (κ2) is 4.50. The Morgan fingerprint density at radius 2 is 2.40 bits per heavy atom. The van der Waals surface area contributed by atoms with Crippen LogP contribution in [0.2, 0.25) is 0 Å². The molecule has 1 saturated heterocycles. The van der Waals surface area contributed by atoms with Crippen LogP contribution in [-0.2, 0) is 10.3 Å². The van der Waals surface area contributed by atoms with Crippen molar-refractivity contribution in [3.05, 3.63) is 35.4 Å². The molecule has 78 valence electrons. The Morgan fingerprint density at radius 3 is 3.00 bits per heavy atom. The molecule has 2 nitrogen and oxygen atoms in total. The van der Waals surface area contributed by atoms with E-state index < -0.39 is 0 Å². The van der Waals surface area contributed by atoms with Crippen molar-refractivity contribution in [3.8, 4) is 6.07 Å². The fourth-order valence-electron chi connectivity index (χ4n) is 1.98. The lowest BCUT2D eigenvalue weighted by Crippen LogP contribution is -2.26. The Hall–Kier alpha value is -0.600. The molecule has 0 aromatic heterocycles. The minimum Gasteiger partial charge on any atom is -0.369 e. The predicted molar refractivity (Wildman–Crippen MR) is 66.9 cm³/mol. The molecule has 0 amide bonds. The molecule has 0 N–H and O–H groups in total. The maximum Gasteiger partial charge on any atom is 0.102 e. The number of nitrogens with zero attached hydrogens (tertiary/aromatic N) is 1. The van der Waals surface area contributed by atoms with E-state index in [9.17, 15) is 0 Å². The van der Waals surface area contributed by atoms with Crippen molar-refractivity contribution in [2.45, 2.75) is 18.4 Å². The van der Waals surface area contributed by atoms with Gasteiger partial charge < -0.3 is 4.74 Å². The summed E-state index contributed by atoms with van der Waals surface area (Å²) in [6, 6.07) is 9.95. The van der Waals surface area contributed by atoms with Gasteiger partial charge in [0, 0.05) is 11.0 Å². The summed E-state index contributed by atoms with van der Waals surface area (Å²) in [5.74, 6) is 0. The Morgan fingerprint density at radius 1 is 1.53 bits per heavy atom. The number of alkyl halides is 1. The van der Waals surface area contributed by atoms with Gasteiger partial charge in [0.1, 0.15) is 5.60 Å². The molecule has 0 radical (unpaired) electrons. The lowest BCUT2D eigenvalue weighted by atomic mass is 9.92. The van der Waals surface area contributed by atoms with Crippen LogP contribution >= 0.6 is 22.6 Å². The summed E-state index contributed by atoms with van der Waals surface area (Å²) in [7, 11) is 0. The number of benzene rings is 1. The highest BCUT2D eigenvalue weighted by Crippen LogP contribution is 2.37. The zero-order valence-electron chi connectivity index (χ0n) is 8.37. The summed E-state index contributed by atoms with van der Waals surface area (Å²) in [6.45, 7) is 0.833. The van der Waals surface area contributed by atoms with E-state index in [0.717, 1.165) is 29.4 Å².